The van der Waals surface area contributed by atoms with Gasteiger partial charge in [-0.3, -0.25) is 0 Å². The van der Waals surface area contributed by atoms with Gasteiger partial charge in [0.1, 0.15) is 10.7 Å². The van der Waals surface area contributed by atoms with Crippen molar-refractivity contribution in [1.82, 2.24) is 14.5 Å². The lowest BCUT2D eigenvalue weighted by molar-refractivity contribution is 0.793. The normalized spacial score (nSPS) is 11.3. The van der Waals surface area contributed by atoms with Crippen molar-refractivity contribution >= 4 is 34.0 Å². The molecule has 2 aromatic heterocycles. The van der Waals surface area contributed by atoms with Crippen molar-refractivity contribution in [3.05, 3.63) is 33.6 Å². The molecule has 0 atom stereocenters. The van der Waals surface area contributed by atoms with Crippen LogP contribution in [0.2, 0.25) is 5.02 Å². The summed E-state index contributed by atoms with van der Waals surface area (Å²) < 4.78 is 2.09. The number of rotatable bonds is 3. The summed E-state index contributed by atoms with van der Waals surface area (Å²) in [7, 11) is 0. The molecule has 2 N–H and O–H groups in total. The Morgan fingerprint density at radius 3 is 2.89 bits per heavy atom. The van der Waals surface area contributed by atoms with Gasteiger partial charge in [-0.25, -0.2) is 9.97 Å². The van der Waals surface area contributed by atoms with Crippen LogP contribution in [-0.2, 0) is 13.1 Å². The van der Waals surface area contributed by atoms with Crippen LogP contribution < -0.4 is 5.73 Å². The Labute approximate surface area is 119 Å². The van der Waals surface area contributed by atoms with Crippen molar-refractivity contribution < 1.29 is 0 Å². The van der Waals surface area contributed by atoms with E-state index >= 15 is 0 Å². The van der Waals surface area contributed by atoms with Crippen LogP contribution in [0.1, 0.15) is 11.9 Å². The van der Waals surface area contributed by atoms with Gasteiger partial charge in [0.15, 0.2) is 5.82 Å². The second-order valence-corrected chi connectivity index (χ2v) is 5.47. The van der Waals surface area contributed by atoms with Gasteiger partial charge in [-0.15, -0.1) is 11.3 Å². The molecule has 19 heavy (non-hydrogen) atoms. The SMILES string of the molecule is CCn1c(-c2csc(CN)n2)nc2cccc(Cl)c21. The molecule has 1 aromatic carbocycles. The average molecular weight is 293 g/mol. The minimum Gasteiger partial charge on any atom is -0.325 e. The zero-order chi connectivity index (χ0) is 13.4. The Morgan fingerprint density at radius 2 is 2.21 bits per heavy atom. The molecule has 0 aliphatic heterocycles. The maximum absolute atomic E-state index is 6.28. The number of aryl methyl sites for hydroxylation is 1. The largest absolute Gasteiger partial charge is 0.325 e. The lowest BCUT2D eigenvalue weighted by Gasteiger charge is -2.04. The van der Waals surface area contributed by atoms with Gasteiger partial charge in [0.2, 0.25) is 0 Å². The van der Waals surface area contributed by atoms with Crippen LogP contribution in [-0.4, -0.2) is 14.5 Å². The predicted octanol–water partition coefficient (Wildman–Crippen LogP) is 3.29. The molecule has 0 radical (unpaired) electrons. The Bertz CT molecular complexity index is 731. The summed E-state index contributed by atoms with van der Waals surface area (Å²) in [6, 6.07) is 5.76. The number of imidazole rings is 1. The smallest absolute Gasteiger partial charge is 0.160 e. The quantitative estimate of drug-likeness (QED) is 0.806. The number of aromatic nitrogens is 3. The first-order valence-electron chi connectivity index (χ1n) is 6.04. The summed E-state index contributed by atoms with van der Waals surface area (Å²) >= 11 is 7.83. The Balaban J connectivity index is 2.26. The van der Waals surface area contributed by atoms with E-state index in [0.717, 1.165) is 34.1 Å². The van der Waals surface area contributed by atoms with Crippen LogP contribution in [0, 0.1) is 0 Å². The van der Waals surface area contributed by atoms with Gasteiger partial charge >= 0.3 is 0 Å². The molecular formula is C13H13ClN4S. The van der Waals surface area contributed by atoms with Crippen LogP contribution in [0.25, 0.3) is 22.6 Å². The molecule has 2 heterocycles. The highest BCUT2D eigenvalue weighted by Crippen LogP contribution is 2.30. The molecule has 0 saturated heterocycles. The van der Waals surface area contributed by atoms with E-state index in [9.17, 15) is 0 Å². The predicted molar refractivity (Wildman–Crippen MR) is 79.4 cm³/mol. The number of nitrogens with two attached hydrogens (primary N) is 1. The summed E-state index contributed by atoms with van der Waals surface area (Å²) in [4.78, 5) is 9.14. The molecule has 3 rings (SSSR count). The average Bonchev–Trinajstić information content (AvgIpc) is 3.02. The summed E-state index contributed by atoms with van der Waals surface area (Å²) in [6.45, 7) is 3.33. The zero-order valence-electron chi connectivity index (χ0n) is 10.4. The van der Waals surface area contributed by atoms with Crippen LogP contribution in [0.15, 0.2) is 23.6 Å². The fourth-order valence-electron chi connectivity index (χ4n) is 2.15. The monoisotopic (exact) mass is 292 g/mol. The molecule has 98 valence electrons. The molecule has 0 unspecified atom stereocenters. The number of halogens is 1. The van der Waals surface area contributed by atoms with E-state index in [1.807, 2.05) is 23.6 Å². The molecule has 0 bridgehead atoms. The Hall–Kier alpha value is -1.43. The van der Waals surface area contributed by atoms with Gasteiger partial charge in [-0.2, -0.15) is 0 Å². The molecule has 0 fully saturated rings. The van der Waals surface area contributed by atoms with Crippen LogP contribution in [0.5, 0.6) is 0 Å². The Kier molecular flexibility index (Phi) is 3.26. The number of thiazole rings is 1. The number of para-hydroxylation sites is 1. The van der Waals surface area contributed by atoms with Crippen LogP contribution in [0.4, 0.5) is 0 Å². The van der Waals surface area contributed by atoms with E-state index in [4.69, 9.17) is 17.3 Å². The number of benzene rings is 1. The summed E-state index contributed by atoms with van der Waals surface area (Å²) in [5, 5.41) is 3.62. The molecule has 3 aromatic rings. The zero-order valence-corrected chi connectivity index (χ0v) is 12.0. The number of fused-ring (bicyclic) bond motifs is 1. The van der Waals surface area contributed by atoms with Gasteiger partial charge in [-0.05, 0) is 19.1 Å². The van der Waals surface area contributed by atoms with E-state index < -0.39 is 0 Å². The minimum absolute atomic E-state index is 0.456. The lowest BCUT2D eigenvalue weighted by Crippen LogP contribution is -1.99. The topological polar surface area (TPSA) is 56.7 Å². The molecule has 0 aliphatic carbocycles. The highest BCUT2D eigenvalue weighted by molar-refractivity contribution is 7.09. The van der Waals surface area contributed by atoms with E-state index in [2.05, 4.69) is 21.5 Å². The van der Waals surface area contributed by atoms with Gasteiger partial charge < -0.3 is 10.3 Å². The van der Waals surface area contributed by atoms with E-state index in [1.165, 1.54) is 0 Å². The van der Waals surface area contributed by atoms with E-state index in [0.29, 0.717) is 11.6 Å². The lowest BCUT2D eigenvalue weighted by atomic mass is 10.3. The van der Waals surface area contributed by atoms with Gasteiger partial charge in [0.25, 0.3) is 0 Å². The van der Waals surface area contributed by atoms with Crippen LogP contribution >= 0.6 is 22.9 Å². The fourth-order valence-corrected chi connectivity index (χ4v) is 3.08. The third-order valence-electron chi connectivity index (χ3n) is 2.99. The molecule has 0 aliphatic rings. The number of nitrogens with zero attached hydrogens (tertiary/aromatic N) is 3. The maximum atomic E-state index is 6.28. The van der Waals surface area contributed by atoms with Crippen LogP contribution in [0.3, 0.4) is 0 Å². The molecule has 4 nitrogen and oxygen atoms in total. The first-order valence-corrected chi connectivity index (χ1v) is 7.30. The van der Waals surface area contributed by atoms with Crippen molar-refractivity contribution in [3.63, 3.8) is 0 Å². The van der Waals surface area contributed by atoms with E-state index in [1.54, 1.807) is 11.3 Å². The Morgan fingerprint density at radius 1 is 1.37 bits per heavy atom. The molecule has 0 saturated carbocycles. The third-order valence-corrected chi connectivity index (χ3v) is 4.17. The van der Waals surface area contributed by atoms with Gasteiger partial charge in [0.05, 0.1) is 16.1 Å². The van der Waals surface area contributed by atoms with Gasteiger partial charge in [-0.1, -0.05) is 17.7 Å². The standard InChI is InChI=1S/C13H13ClN4S/c1-2-18-12-8(14)4-3-5-9(12)17-13(18)10-7-19-11(6-15)16-10/h3-5,7H,2,6,15H2,1H3. The summed E-state index contributed by atoms with van der Waals surface area (Å²) in [5.41, 5.74) is 8.33. The third kappa shape index (κ3) is 2.04. The van der Waals surface area contributed by atoms with Crippen molar-refractivity contribution in [2.45, 2.75) is 20.0 Å². The minimum atomic E-state index is 0.456. The second-order valence-electron chi connectivity index (χ2n) is 4.12. The van der Waals surface area contributed by atoms with Crippen molar-refractivity contribution in [2.75, 3.05) is 0 Å². The molecule has 0 amide bonds. The fraction of sp³-hybridized carbons (Fsp3) is 0.231. The highest BCUT2D eigenvalue weighted by atomic mass is 35.5. The number of hydrogen-bond acceptors (Lipinski definition) is 4. The first-order chi connectivity index (χ1) is 9.24. The highest BCUT2D eigenvalue weighted by Gasteiger charge is 2.15. The molecule has 0 spiro atoms. The molecule has 6 heteroatoms. The first kappa shape index (κ1) is 12.6. The van der Waals surface area contributed by atoms with Crippen molar-refractivity contribution in [1.29, 1.82) is 0 Å². The summed E-state index contributed by atoms with van der Waals surface area (Å²) in [6.07, 6.45) is 0. The number of hydrogen-bond donors (Lipinski definition) is 1. The molecular weight excluding hydrogens is 280 g/mol. The van der Waals surface area contributed by atoms with Crippen molar-refractivity contribution in [2.24, 2.45) is 5.73 Å². The van der Waals surface area contributed by atoms with E-state index in [-0.39, 0.29) is 0 Å². The van der Waals surface area contributed by atoms with Crippen molar-refractivity contribution in [3.8, 4) is 11.5 Å². The van der Waals surface area contributed by atoms with Gasteiger partial charge in [0, 0.05) is 18.5 Å². The summed E-state index contributed by atoms with van der Waals surface area (Å²) in [5.74, 6) is 0.849. The maximum Gasteiger partial charge on any atom is 0.160 e. The second kappa shape index (κ2) is 4.92.